The fourth-order valence-corrected chi connectivity index (χ4v) is 2.68. The van der Waals surface area contributed by atoms with Crippen LogP contribution in [0.3, 0.4) is 0 Å². The smallest absolute Gasteiger partial charge is 0.314 e. The molecule has 1 heterocycles. The average Bonchev–Trinajstić information content (AvgIpc) is 2.38. The largest absolute Gasteiger partial charge is 0.351 e. The van der Waals surface area contributed by atoms with Crippen molar-refractivity contribution in [1.82, 2.24) is 10.2 Å². The van der Waals surface area contributed by atoms with Crippen LogP contribution in [0, 0.1) is 5.92 Å². The summed E-state index contributed by atoms with van der Waals surface area (Å²) in [5.74, 6) is 0.800. The van der Waals surface area contributed by atoms with Crippen LogP contribution < -0.4 is 11.1 Å². The Morgan fingerprint density at radius 2 is 2.06 bits per heavy atom. The van der Waals surface area contributed by atoms with E-state index in [4.69, 9.17) is 5.73 Å². The van der Waals surface area contributed by atoms with Gasteiger partial charge >= 0.3 is 6.03 Å². The predicted molar refractivity (Wildman–Crippen MR) is 68.7 cm³/mol. The Kier molecular flexibility index (Phi) is 4.42. The zero-order chi connectivity index (χ0) is 12.1. The third-order valence-corrected chi connectivity index (χ3v) is 3.88. The highest BCUT2D eigenvalue weighted by Crippen LogP contribution is 2.18. The molecule has 17 heavy (non-hydrogen) atoms. The lowest BCUT2D eigenvalue weighted by atomic mass is 9.93. The van der Waals surface area contributed by atoms with E-state index in [1.807, 2.05) is 0 Å². The van der Waals surface area contributed by atoms with E-state index in [1.54, 1.807) is 4.90 Å². The summed E-state index contributed by atoms with van der Waals surface area (Å²) in [6.07, 6.45) is 10.4. The Balaban J connectivity index is 1.64. The minimum atomic E-state index is -0.277. The Morgan fingerprint density at radius 1 is 1.29 bits per heavy atom. The normalized spacial score (nSPS) is 26.1. The van der Waals surface area contributed by atoms with Crippen LogP contribution in [-0.4, -0.2) is 36.6 Å². The molecular formula is C13H23N3O. The molecule has 1 aliphatic carbocycles. The van der Waals surface area contributed by atoms with Crippen molar-refractivity contribution in [3.63, 3.8) is 0 Å². The van der Waals surface area contributed by atoms with Gasteiger partial charge in [0.2, 0.25) is 0 Å². The van der Waals surface area contributed by atoms with Crippen molar-refractivity contribution in [1.29, 1.82) is 0 Å². The van der Waals surface area contributed by atoms with E-state index in [9.17, 15) is 4.79 Å². The fraction of sp³-hybridized carbons (Fsp3) is 0.769. The van der Waals surface area contributed by atoms with Gasteiger partial charge in [-0.1, -0.05) is 12.2 Å². The second-order valence-electron chi connectivity index (χ2n) is 5.16. The van der Waals surface area contributed by atoms with Gasteiger partial charge in [0, 0.05) is 19.1 Å². The van der Waals surface area contributed by atoms with Gasteiger partial charge in [-0.15, -0.1) is 0 Å². The number of primary amides is 1. The number of likely N-dealkylation sites (tertiary alicyclic amines) is 1. The number of hydrogen-bond acceptors (Lipinski definition) is 2. The molecule has 0 spiro atoms. The van der Waals surface area contributed by atoms with Crippen molar-refractivity contribution in [3.8, 4) is 0 Å². The zero-order valence-electron chi connectivity index (χ0n) is 10.4. The molecule has 3 N–H and O–H groups in total. The van der Waals surface area contributed by atoms with Gasteiger partial charge in [0.05, 0.1) is 0 Å². The fourth-order valence-electron chi connectivity index (χ4n) is 2.68. The van der Waals surface area contributed by atoms with Gasteiger partial charge in [0.25, 0.3) is 0 Å². The van der Waals surface area contributed by atoms with Crippen LogP contribution in [0.2, 0.25) is 0 Å². The summed E-state index contributed by atoms with van der Waals surface area (Å²) in [6, 6.07) is 0.289. The summed E-state index contributed by atoms with van der Waals surface area (Å²) in [6.45, 7) is 2.72. The number of nitrogens with one attached hydrogen (secondary N) is 1. The quantitative estimate of drug-likeness (QED) is 0.730. The van der Waals surface area contributed by atoms with Gasteiger partial charge in [-0.05, 0) is 44.6 Å². The number of carbonyl (C=O) groups is 1. The summed E-state index contributed by atoms with van der Waals surface area (Å²) in [5.41, 5.74) is 5.26. The number of rotatable bonds is 3. The minimum absolute atomic E-state index is 0.277. The molecule has 0 aromatic rings. The second-order valence-corrected chi connectivity index (χ2v) is 5.16. The first-order valence-electron chi connectivity index (χ1n) is 6.68. The van der Waals surface area contributed by atoms with Crippen molar-refractivity contribution in [2.45, 2.75) is 38.1 Å². The third kappa shape index (κ3) is 3.73. The van der Waals surface area contributed by atoms with Crippen LogP contribution in [0.4, 0.5) is 4.79 Å². The first-order valence-corrected chi connectivity index (χ1v) is 6.68. The Labute approximate surface area is 103 Å². The highest BCUT2D eigenvalue weighted by molar-refractivity contribution is 5.72. The number of urea groups is 1. The number of amides is 2. The highest BCUT2D eigenvalue weighted by Gasteiger charge is 2.21. The van der Waals surface area contributed by atoms with Crippen molar-refractivity contribution in [2.75, 3.05) is 19.6 Å². The van der Waals surface area contributed by atoms with Crippen LogP contribution in [0.25, 0.3) is 0 Å². The van der Waals surface area contributed by atoms with E-state index < -0.39 is 0 Å². The van der Waals surface area contributed by atoms with E-state index in [2.05, 4.69) is 17.5 Å². The maximum Gasteiger partial charge on any atom is 0.314 e. The molecule has 4 heteroatoms. The molecule has 0 radical (unpaired) electrons. The molecule has 2 rings (SSSR count). The molecule has 4 nitrogen and oxygen atoms in total. The van der Waals surface area contributed by atoms with Crippen molar-refractivity contribution in [2.24, 2.45) is 11.7 Å². The minimum Gasteiger partial charge on any atom is -0.351 e. The van der Waals surface area contributed by atoms with E-state index in [1.165, 1.54) is 19.3 Å². The molecule has 0 saturated carbocycles. The van der Waals surface area contributed by atoms with Crippen LogP contribution in [0.5, 0.6) is 0 Å². The van der Waals surface area contributed by atoms with E-state index in [0.29, 0.717) is 6.04 Å². The molecule has 0 bridgehead atoms. The van der Waals surface area contributed by atoms with Gasteiger partial charge in [0.15, 0.2) is 0 Å². The number of hydrogen-bond donors (Lipinski definition) is 2. The SMILES string of the molecule is NC(=O)N1CCC(NCC2CC=CCC2)CC1. The summed E-state index contributed by atoms with van der Waals surface area (Å²) >= 11 is 0. The van der Waals surface area contributed by atoms with Crippen molar-refractivity contribution in [3.05, 3.63) is 12.2 Å². The van der Waals surface area contributed by atoms with E-state index in [-0.39, 0.29) is 6.03 Å². The number of piperidine rings is 1. The lowest BCUT2D eigenvalue weighted by Gasteiger charge is -2.32. The van der Waals surface area contributed by atoms with Gasteiger partial charge in [0.1, 0.15) is 0 Å². The molecule has 2 amide bonds. The standard InChI is InChI=1S/C13H23N3O/c14-13(17)16-8-6-12(7-9-16)15-10-11-4-2-1-3-5-11/h1-2,11-12,15H,3-10H2,(H2,14,17). The number of nitrogens with two attached hydrogens (primary N) is 1. The Hall–Kier alpha value is -1.03. The molecule has 1 aliphatic heterocycles. The Morgan fingerprint density at radius 3 is 2.65 bits per heavy atom. The van der Waals surface area contributed by atoms with Gasteiger partial charge < -0.3 is 16.0 Å². The first-order chi connectivity index (χ1) is 8.25. The molecule has 0 aromatic heterocycles. The molecule has 96 valence electrons. The number of nitrogens with zero attached hydrogens (tertiary/aromatic N) is 1. The molecule has 1 atom stereocenters. The highest BCUT2D eigenvalue weighted by atomic mass is 16.2. The predicted octanol–water partition coefficient (Wildman–Crippen LogP) is 1.48. The van der Waals surface area contributed by atoms with Crippen LogP contribution in [-0.2, 0) is 0 Å². The van der Waals surface area contributed by atoms with E-state index >= 15 is 0 Å². The molecule has 0 aromatic carbocycles. The molecule has 1 fully saturated rings. The van der Waals surface area contributed by atoms with Crippen LogP contribution >= 0.6 is 0 Å². The van der Waals surface area contributed by atoms with Gasteiger partial charge in [-0.25, -0.2) is 4.79 Å². The van der Waals surface area contributed by atoms with Gasteiger partial charge in [-0.2, -0.15) is 0 Å². The van der Waals surface area contributed by atoms with E-state index in [0.717, 1.165) is 38.4 Å². The van der Waals surface area contributed by atoms with Crippen molar-refractivity contribution < 1.29 is 4.79 Å². The molecule has 1 unspecified atom stereocenters. The summed E-state index contributed by atoms with van der Waals surface area (Å²) < 4.78 is 0. The maximum atomic E-state index is 11.0. The summed E-state index contributed by atoms with van der Waals surface area (Å²) in [4.78, 5) is 12.7. The second kappa shape index (κ2) is 6.05. The average molecular weight is 237 g/mol. The topological polar surface area (TPSA) is 58.4 Å². The number of carbonyl (C=O) groups excluding carboxylic acids is 1. The monoisotopic (exact) mass is 237 g/mol. The summed E-state index contributed by atoms with van der Waals surface area (Å²) in [5, 5.41) is 3.64. The lowest BCUT2D eigenvalue weighted by molar-refractivity contribution is 0.183. The van der Waals surface area contributed by atoms with Crippen LogP contribution in [0.15, 0.2) is 12.2 Å². The first kappa shape index (κ1) is 12.4. The third-order valence-electron chi connectivity index (χ3n) is 3.88. The lowest BCUT2D eigenvalue weighted by Crippen LogP contribution is -2.47. The summed E-state index contributed by atoms with van der Waals surface area (Å²) in [7, 11) is 0. The molecular weight excluding hydrogens is 214 g/mol. The number of allylic oxidation sites excluding steroid dienone is 2. The van der Waals surface area contributed by atoms with Crippen molar-refractivity contribution >= 4 is 6.03 Å². The maximum absolute atomic E-state index is 11.0. The zero-order valence-corrected chi connectivity index (χ0v) is 10.4. The van der Waals surface area contributed by atoms with Gasteiger partial charge in [-0.3, -0.25) is 0 Å². The molecule has 1 saturated heterocycles. The van der Waals surface area contributed by atoms with Crippen LogP contribution in [0.1, 0.15) is 32.1 Å². The molecule has 2 aliphatic rings. The Bertz CT molecular complexity index is 282.